The Morgan fingerprint density at radius 1 is 1.37 bits per heavy atom. The lowest BCUT2D eigenvalue weighted by Gasteiger charge is -2.05. The van der Waals surface area contributed by atoms with Gasteiger partial charge in [-0.3, -0.25) is 0 Å². The van der Waals surface area contributed by atoms with Crippen molar-refractivity contribution in [2.75, 3.05) is 0 Å². The normalized spacial score (nSPS) is 10.4. The number of rotatable bonds is 4. The van der Waals surface area contributed by atoms with Gasteiger partial charge in [0.25, 0.3) is 0 Å². The number of nitrogens with zero attached hydrogens (tertiary/aromatic N) is 1. The van der Waals surface area contributed by atoms with Gasteiger partial charge in [0.2, 0.25) is 0 Å². The van der Waals surface area contributed by atoms with Gasteiger partial charge in [-0.05, 0) is 42.3 Å². The minimum Gasteiger partial charge on any atom is -0.478 e. The molecule has 2 aromatic rings. The maximum Gasteiger partial charge on any atom is 0.337 e. The molecule has 1 heterocycles. The number of pyridine rings is 1. The number of hydrogen-bond donors (Lipinski definition) is 1. The van der Waals surface area contributed by atoms with E-state index in [-0.39, 0.29) is 11.4 Å². The third-order valence-corrected chi connectivity index (χ3v) is 3.66. The smallest absolute Gasteiger partial charge is 0.337 e. The molecule has 0 aliphatic heterocycles. The van der Waals surface area contributed by atoms with E-state index in [4.69, 9.17) is 5.11 Å². The van der Waals surface area contributed by atoms with Crippen LogP contribution in [0.25, 0.3) is 0 Å². The lowest BCUT2D eigenvalue weighted by Crippen LogP contribution is -1.96. The van der Waals surface area contributed by atoms with E-state index in [0.29, 0.717) is 5.75 Å². The van der Waals surface area contributed by atoms with Crippen molar-refractivity contribution in [3.8, 4) is 0 Å². The topological polar surface area (TPSA) is 50.2 Å². The van der Waals surface area contributed by atoms with Crippen molar-refractivity contribution in [1.29, 1.82) is 0 Å². The molecule has 19 heavy (non-hydrogen) atoms. The number of hydrogen-bond acceptors (Lipinski definition) is 3. The minimum atomic E-state index is -0.988. The summed E-state index contributed by atoms with van der Waals surface area (Å²) >= 11 is 1.49. The number of benzene rings is 1. The Morgan fingerprint density at radius 3 is 2.74 bits per heavy atom. The predicted molar refractivity (Wildman–Crippen MR) is 71.9 cm³/mol. The van der Waals surface area contributed by atoms with E-state index in [9.17, 15) is 9.18 Å². The quantitative estimate of drug-likeness (QED) is 0.869. The first-order chi connectivity index (χ1) is 9.06. The molecule has 0 atom stereocenters. The molecule has 3 nitrogen and oxygen atoms in total. The molecule has 0 spiro atoms. The Balaban J connectivity index is 2.04. The van der Waals surface area contributed by atoms with Gasteiger partial charge in [-0.25, -0.2) is 14.2 Å². The highest BCUT2D eigenvalue weighted by molar-refractivity contribution is 7.98. The second kappa shape index (κ2) is 5.84. The summed E-state index contributed by atoms with van der Waals surface area (Å²) in [6.45, 7) is 1.86. The second-order valence-electron chi connectivity index (χ2n) is 4.05. The highest BCUT2D eigenvalue weighted by Crippen LogP contribution is 2.23. The molecule has 0 fully saturated rings. The SMILES string of the molecule is Cc1cc(F)ccc1CSc1ccc(C(=O)O)cn1. The van der Waals surface area contributed by atoms with Crippen molar-refractivity contribution in [2.24, 2.45) is 0 Å². The number of aromatic carboxylic acids is 1. The fourth-order valence-corrected chi connectivity index (χ4v) is 2.48. The molecular formula is C14H12FNO2S. The molecule has 1 aromatic heterocycles. The van der Waals surface area contributed by atoms with Crippen LogP contribution in [0.1, 0.15) is 21.5 Å². The number of carbonyl (C=O) groups is 1. The summed E-state index contributed by atoms with van der Waals surface area (Å²) in [5.74, 6) is -0.556. The molecule has 1 N–H and O–H groups in total. The molecule has 98 valence electrons. The molecule has 0 radical (unpaired) electrons. The van der Waals surface area contributed by atoms with Crippen LogP contribution in [0, 0.1) is 12.7 Å². The fourth-order valence-electron chi connectivity index (χ4n) is 1.57. The zero-order valence-corrected chi connectivity index (χ0v) is 11.1. The summed E-state index contributed by atoms with van der Waals surface area (Å²) in [6.07, 6.45) is 1.34. The molecule has 5 heteroatoms. The first kappa shape index (κ1) is 13.5. The van der Waals surface area contributed by atoms with Crippen LogP contribution in [0.2, 0.25) is 0 Å². The average molecular weight is 277 g/mol. The van der Waals surface area contributed by atoms with E-state index >= 15 is 0 Å². The van der Waals surface area contributed by atoms with Gasteiger partial charge in [-0.15, -0.1) is 11.8 Å². The highest BCUT2D eigenvalue weighted by atomic mass is 32.2. The fraction of sp³-hybridized carbons (Fsp3) is 0.143. The van der Waals surface area contributed by atoms with E-state index in [1.54, 1.807) is 12.1 Å². The Hall–Kier alpha value is -1.88. The summed E-state index contributed by atoms with van der Waals surface area (Å²) in [4.78, 5) is 14.8. The van der Waals surface area contributed by atoms with Gasteiger partial charge in [0.1, 0.15) is 5.82 Å². The number of carboxylic acid groups (broad SMARTS) is 1. The van der Waals surface area contributed by atoms with Crippen LogP contribution in [-0.4, -0.2) is 16.1 Å². The van der Waals surface area contributed by atoms with Crippen molar-refractivity contribution in [3.05, 3.63) is 59.0 Å². The summed E-state index contributed by atoms with van der Waals surface area (Å²) in [5, 5.41) is 9.51. The lowest BCUT2D eigenvalue weighted by molar-refractivity contribution is 0.0696. The second-order valence-corrected chi connectivity index (χ2v) is 5.05. The van der Waals surface area contributed by atoms with Crippen molar-refractivity contribution >= 4 is 17.7 Å². The average Bonchev–Trinajstić information content (AvgIpc) is 2.38. The van der Waals surface area contributed by atoms with E-state index in [0.717, 1.165) is 16.2 Å². The van der Waals surface area contributed by atoms with Gasteiger partial charge in [0.15, 0.2) is 0 Å². The number of carboxylic acids is 1. The third-order valence-electron chi connectivity index (χ3n) is 2.66. The van der Waals surface area contributed by atoms with E-state index in [2.05, 4.69) is 4.98 Å². The summed E-state index contributed by atoms with van der Waals surface area (Å²) in [7, 11) is 0. The number of aryl methyl sites for hydroxylation is 1. The third kappa shape index (κ3) is 3.54. The van der Waals surface area contributed by atoms with E-state index in [1.165, 1.54) is 36.2 Å². The number of thioether (sulfide) groups is 1. The Morgan fingerprint density at radius 2 is 2.16 bits per heavy atom. The lowest BCUT2D eigenvalue weighted by atomic mass is 10.1. The standard InChI is InChI=1S/C14H12FNO2S/c1-9-6-12(15)4-2-11(9)8-19-13-5-3-10(7-16-13)14(17)18/h2-7H,8H2,1H3,(H,17,18). The molecule has 0 saturated carbocycles. The largest absolute Gasteiger partial charge is 0.478 e. The zero-order chi connectivity index (χ0) is 13.8. The first-order valence-corrected chi connectivity index (χ1v) is 6.62. The highest BCUT2D eigenvalue weighted by Gasteiger charge is 2.05. The van der Waals surface area contributed by atoms with Crippen LogP contribution in [0.3, 0.4) is 0 Å². The molecule has 0 amide bonds. The van der Waals surface area contributed by atoms with Gasteiger partial charge in [-0.2, -0.15) is 0 Å². The van der Waals surface area contributed by atoms with E-state index in [1.807, 2.05) is 6.92 Å². The predicted octanol–water partition coefficient (Wildman–Crippen LogP) is 3.52. The Bertz CT molecular complexity index is 599. The van der Waals surface area contributed by atoms with Gasteiger partial charge in [0.05, 0.1) is 10.6 Å². The molecule has 0 aliphatic carbocycles. The monoisotopic (exact) mass is 277 g/mol. The Kier molecular flexibility index (Phi) is 4.16. The van der Waals surface area contributed by atoms with Crippen molar-refractivity contribution in [2.45, 2.75) is 17.7 Å². The van der Waals surface area contributed by atoms with E-state index < -0.39 is 5.97 Å². The minimum absolute atomic E-state index is 0.169. The van der Waals surface area contributed by atoms with Gasteiger partial charge >= 0.3 is 5.97 Å². The summed E-state index contributed by atoms with van der Waals surface area (Å²) in [5.41, 5.74) is 2.10. The first-order valence-electron chi connectivity index (χ1n) is 5.63. The number of aromatic nitrogens is 1. The molecular weight excluding hydrogens is 265 g/mol. The number of halogens is 1. The van der Waals surface area contributed by atoms with Gasteiger partial charge in [-0.1, -0.05) is 6.07 Å². The molecule has 2 rings (SSSR count). The maximum atomic E-state index is 13.0. The Labute approximate surface area is 114 Å². The van der Waals surface area contributed by atoms with Crippen molar-refractivity contribution in [3.63, 3.8) is 0 Å². The van der Waals surface area contributed by atoms with Crippen LogP contribution < -0.4 is 0 Å². The zero-order valence-electron chi connectivity index (χ0n) is 10.3. The molecule has 0 bridgehead atoms. The van der Waals surface area contributed by atoms with Crippen LogP contribution in [-0.2, 0) is 5.75 Å². The van der Waals surface area contributed by atoms with Crippen LogP contribution in [0.15, 0.2) is 41.6 Å². The van der Waals surface area contributed by atoms with Crippen molar-refractivity contribution < 1.29 is 14.3 Å². The summed E-state index contributed by atoms with van der Waals surface area (Å²) in [6, 6.07) is 7.88. The van der Waals surface area contributed by atoms with Crippen LogP contribution in [0.5, 0.6) is 0 Å². The molecule has 1 aromatic carbocycles. The van der Waals surface area contributed by atoms with Gasteiger partial charge < -0.3 is 5.11 Å². The summed E-state index contributed by atoms with van der Waals surface area (Å²) < 4.78 is 13.0. The molecule has 0 unspecified atom stereocenters. The maximum absolute atomic E-state index is 13.0. The van der Waals surface area contributed by atoms with Crippen LogP contribution >= 0.6 is 11.8 Å². The molecule has 0 saturated heterocycles. The van der Waals surface area contributed by atoms with Gasteiger partial charge in [0, 0.05) is 11.9 Å². The molecule has 0 aliphatic rings. The van der Waals surface area contributed by atoms with Crippen molar-refractivity contribution in [1.82, 2.24) is 4.98 Å². The van der Waals surface area contributed by atoms with Crippen LogP contribution in [0.4, 0.5) is 4.39 Å².